The maximum Gasteiger partial charge on any atom is 0.108 e. The zero-order valence-corrected chi connectivity index (χ0v) is 22.5. The predicted octanol–water partition coefficient (Wildman–Crippen LogP) is 8.09. The summed E-state index contributed by atoms with van der Waals surface area (Å²) in [5, 5.41) is 12.1. The Bertz CT molecular complexity index is 575. The lowest BCUT2D eigenvalue weighted by molar-refractivity contribution is 0.0616. The smallest absolute Gasteiger partial charge is 0.108 e. The van der Waals surface area contributed by atoms with Gasteiger partial charge in [0.15, 0.2) is 0 Å². The summed E-state index contributed by atoms with van der Waals surface area (Å²) in [7, 11) is -0.637. The third-order valence-electron chi connectivity index (χ3n) is 6.09. The van der Waals surface area contributed by atoms with Gasteiger partial charge >= 0.3 is 0 Å². The van der Waals surface area contributed by atoms with E-state index < -0.39 is 14.4 Å². The molecule has 0 aliphatic carbocycles. The second-order valence-electron chi connectivity index (χ2n) is 11.3. The normalized spacial score (nSPS) is 13.9. The highest BCUT2D eigenvalue weighted by Gasteiger charge is 2.31. The maximum absolute atomic E-state index is 10.6. The third kappa shape index (κ3) is 10.2. The van der Waals surface area contributed by atoms with Crippen LogP contribution in [0.15, 0.2) is 10.7 Å². The summed E-state index contributed by atoms with van der Waals surface area (Å²) in [6, 6.07) is 0. The number of unbranched alkanes of at least 4 members (excludes halogenated alkanes) is 9. The molecule has 1 rings (SSSR count). The van der Waals surface area contributed by atoms with E-state index in [0.717, 1.165) is 12.8 Å². The van der Waals surface area contributed by atoms with Crippen LogP contribution in [0.25, 0.3) is 0 Å². The highest BCUT2D eigenvalue weighted by molar-refractivity contribution is 6.71. The predicted molar refractivity (Wildman–Crippen MR) is 135 cm³/mol. The summed E-state index contributed by atoms with van der Waals surface area (Å²) in [5.74, 6) is 1.56. The Balaban J connectivity index is 2.66. The molecule has 0 fully saturated rings. The Morgan fingerprint density at radius 1 is 0.867 bits per heavy atom. The Kier molecular flexibility index (Phi) is 12.0. The van der Waals surface area contributed by atoms with E-state index in [-0.39, 0.29) is 5.41 Å². The highest BCUT2D eigenvalue weighted by Crippen LogP contribution is 2.34. The lowest BCUT2D eigenvalue weighted by Crippen LogP contribution is -2.35. The van der Waals surface area contributed by atoms with E-state index in [4.69, 9.17) is 4.42 Å². The molecule has 1 N–H and O–H groups in total. The average molecular weight is 436 g/mol. The van der Waals surface area contributed by atoms with Crippen LogP contribution in [0, 0.1) is 0 Å². The number of hydrogen-bond donors (Lipinski definition) is 1. The lowest BCUT2D eigenvalue weighted by atomic mass is 9.84. The van der Waals surface area contributed by atoms with Gasteiger partial charge in [0.05, 0.1) is 20.7 Å². The van der Waals surface area contributed by atoms with Crippen LogP contribution in [-0.2, 0) is 5.41 Å². The van der Waals surface area contributed by atoms with E-state index >= 15 is 0 Å². The molecule has 1 unspecified atom stereocenters. The van der Waals surface area contributed by atoms with Crippen molar-refractivity contribution in [2.24, 2.45) is 0 Å². The summed E-state index contributed by atoms with van der Waals surface area (Å²) in [6.45, 7) is 17.7. The third-order valence-corrected chi connectivity index (χ3v) is 7.61. The van der Waals surface area contributed by atoms with Crippen LogP contribution < -0.4 is 5.19 Å². The molecule has 1 atom stereocenters. The Morgan fingerprint density at radius 3 is 1.80 bits per heavy atom. The van der Waals surface area contributed by atoms with Gasteiger partial charge in [0, 0.05) is 5.41 Å². The van der Waals surface area contributed by atoms with Crippen molar-refractivity contribution < 1.29 is 9.52 Å². The molecule has 1 radical (unpaired) electrons. The molecule has 0 aliphatic rings. The molecule has 0 spiro atoms. The van der Waals surface area contributed by atoms with Crippen LogP contribution in [-0.4, -0.2) is 19.5 Å². The molecule has 0 aliphatic heterocycles. The summed E-state index contributed by atoms with van der Waals surface area (Å²) in [6.07, 6.45) is 17.7. The topological polar surface area (TPSA) is 33.4 Å². The van der Waals surface area contributed by atoms with Crippen molar-refractivity contribution >= 4 is 14.0 Å². The molecule has 0 bridgehead atoms. The Hall–Kier alpha value is -0.543. The van der Waals surface area contributed by atoms with Gasteiger partial charge in [0.2, 0.25) is 0 Å². The summed E-state index contributed by atoms with van der Waals surface area (Å²) in [4.78, 5) is 0. The van der Waals surface area contributed by atoms with Crippen molar-refractivity contribution in [2.75, 3.05) is 0 Å². The zero-order valence-electron chi connectivity index (χ0n) is 21.5. The molecule has 1 aromatic heterocycles. The molecule has 2 nitrogen and oxygen atoms in total. The maximum atomic E-state index is 10.6. The summed E-state index contributed by atoms with van der Waals surface area (Å²) >= 11 is 0. The fourth-order valence-corrected chi connectivity index (χ4v) is 6.32. The first-order valence-corrected chi connectivity index (χ1v) is 15.1. The fraction of sp³-hybridized carbons (Fsp3) is 0.852. The summed E-state index contributed by atoms with van der Waals surface area (Å²) in [5.41, 5.74) is 0.775. The minimum Gasteiger partial charge on any atom is -0.469 e. The van der Waals surface area contributed by atoms with Gasteiger partial charge in [0.25, 0.3) is 0 Å². The van der Waals surface area contributed by atoms with Crippen molar-refractivity contribution in [1.82, 2.24) is 0 Å². The lowest BCUT2D eigenvalue weighted by Gasteiger charge is -2.27. The first-order chi connectivity index (χ1) is 14.0. The van der Waals surface area contributed by atoms with Crippen LogP contribution in [0.3, 0.4) is 0 Å². The molecule has 0 amide bonds. The minimum atomic E-state index is -0.645. The van der Waals surface area contributed by atoms with E-state index in [1.54, 1.807) is 0 Å². The molecule has 175 valence electrons. The van der Waals surface area contributed by atoms with Gasteiger partial charge in [-0.15, -0.1) is 0 Å². The first kappa shape index (κ1) is 27.5. The first-order valence-electron chi connectivity index (χ1n) is 12.6. The fourth-order valence-electron chi connectivity index (χ4n) is 4.59. The van der Waals surface area contributed by atoms with Gasteiger partial charge in [-0.2, -0.15) is 0 Å². The molecular formula is C27H51O2Si. The summed E-state index contributed by atoms with van der Waals surface area (Å²) < 4.78 is 6.16. The van der Waals surface area contributed by atoms with Crippen molar-refractivity contribution in [1.29, 1.82) is 0 Å². The van der Waals surface area contributed by atoms with Crippen LogP contribution in [0.2, 0.25) is 13.1 Å². The second-order valence-corrected chi connectivity index (χ2v) is 13.8. The average Bonchev–Trinajstić information content (AvgIpc) is 3.07. The minimum absolute atomic E-state index is 0.0337. The molecule has 0 saturated carbocycles. The van der Waals surface area contributed by atoms with Crippen LogP contribution >= 0.6 is 0 Å². The molecular weight excluding hydrogens is 384 g/mol. The van der Waals surface area contributed by atoms with Crippen molar-refractivity contribution in [3.05, 3.63) is 17.6 Å². The highest BCUT2D eigenvalue weighted by atomic mass is 28.3. The van der Waals surface area contributed by atoms with Gasteiger partial charge in [-0.05, 0) is 43.4 Å². The van der Waals surface area contributed by atoms with E-state index in [1.807, 2.05) is 20.1 Å². The van der Waals surface area contributed by atoms with Crippen molar-refractivity contribution in [2.45, 2.75) is 149 Å². The largest absolute Gasteiger partial charge is 0.469 e. The van der Waals surface area contributed by atoms with E-state index in [0.29, 0.717) is 5.92 Å². The standard InChI is InChI=1S/C27H51O2Si/c1-9-10-11-12-13-14-15-16-17-18-19-22(20-27(5,6)28)23-21-29-25(26(2,3)4)24(23)30(7)8/h21-22,28H,9-20H2,1-8H3. The molecule has 30 heavy (non-hydrogen) atoms. The van der Waals surface area contributed by atoms with Crippen molar-refractivity contribution in [3.63, 3.8) is 0 Å². The molecule has 0 aromatic carbocycles. The molecule has 1 aromatic rings. The SMILES string of the molecule is CCCCCCCCCCCCC(CC(C)(C)O)c1coc(C(C)(C)C)c1[Si](C)C. The number of rotatable bonds is 15. The Morgan fingerprint density at radius 2 is 1.37 bits per heavy atom. The quantitative estimate of drug-likeness (QED) is 0.223. The van der Waals surface area contributed by atoms with E-state index in [1.165, 1.54) is 80.7 Å². The number of furan rings is 1. The van der Waals surface area contributed by atoms with E-state index in [9.17, 15) is 5.11 Å². The van der Waals surface area contributed by atoms with Crippen molar-refractivity contribution in [3.8, 4) is 0 Å². The van der Waals surface area contributed by atoms with E-state index in [2.05, 4.69) is 40.8 Å². The van der Waals surface area contributed by atoms with Gasteiger partial charge in [0.1, 0.15) is 5.76 Å². The second kappa shape index (κ2) is 13.1. The molecule has 0 saturated heterocycles. The zero-order chi connectivity index (χ0) is 22.8. The van der Waals surface area contributed by atoms with Crippen LogP contribution in [0.1, 0.15) is 136 Å². The van der Waals surface area contributed by atoms with Gasteiger partial charge < -0.3 is 9.52 Å². The molecule has 3 heteroatoms. The van der Waals surface area contributed by atoms with Crippen LogP contribution in [0.5, 0.6) is 0 Å². The van der Waals surface area contributed by atoms with Crippen LogP contribution in [0.4, 0.5) is 0 Å². The van der Waals surface area contributed by atoms with Gasteiger partial charge in [-0.1, -0.05) is 105 Å². The van der Waals surface area contributed by atoms with Gasteiger partial charge in [-0.3, -0.25) is 0 Å². The Labute approximate surface area is 189 Å². The number of aliphatic hydroxyl groups is 1. The monoisotopic (exact) mass is 435 g/mol. The number of hydrogen-bond acceptors (Lipinski definition) is 2. The van der Waals surface area contributed by atoms with Gasteiger partial charge in [-0.25, -0.2) is 0 Å². The molecule has 1 heterocycles.